The zero-order chi connectivity index (χ0) is 16.6. The van der Waals surface area contributed by atoms with Crippen LogP contribution in [0.4, 0.5) is 0 Å². The van der Waals surface area contributed by atoms with Crippen LogP contribution in [-0.2, 0) is 26.1 Å². The van der Waals surface area contributed by atoms with E-state index in [9.17, 15) is 13.2 Å². The molecular weight excluding hydrogens is 304 g/mol. The fourth-order valence-electron chi connectivity index (χ4n) is 2.00. The van der Waals surface area contributed by atoms with Crippen molar-refractivity contribution in [3.63, 3.8) is 0 Å². The molecule has 0 unspecified atom stereocenters. The number of hydrogen-bond donors (Lipinski definition) is 1. The van der Waals surface area contributed by atoms with Crippen LogP contribution >= 0.6 is 0 Å². The molecule has 0 atom stereocenters. The second-order valence-corrected chi connectivity index (χ2v) is 6.63. The van der Waals surface area contributed by atoms with Crippen LogP contribution in [0.1, 0.15) is 32.8 Å². The van der Waals surface area contributed by atoms with Crippen LogP contribution in [0.3, 0.4) is 0 Å². The highest BCUT2D eigenvalue weighted by molar-refractivity contribution is 7.89. The van der Waals surface area contributed by atoms with Gasteiger partial charge in [-0.15, -0.1) is 0 Å². The first-order valence-electron chi connectivity index (χ1n) is 7.45. The third kappa shape index (κ3) is 5.08. The number of aryl methyl sites for hydroxylation is 1. The number of benzene rings is 1. The van der Waals surface area contributed by atoms with Gasteiger partial charge in [-0.05, 0) is 31.0 Å². The van der Waals surface area contributed by atoms with Crippen LogP contribution in [0.5, 0.6) is 0 Å². The van der Waals surface area contributed by atoms with Gasteiger partial charge in [-0.2, -0.15) is 4.31 Å². The van der Waals surface area contributed by atoms with Gasteiger partial charge in [0.2, 0.25) is 15.9 Å². The highest BCUT2D eigenvalue weighted by Crippen LogP contribution is 2.16. The van der Waals surface area contributed by atoms with E-state index < -0.39 is 10.0 Å². The Kier molecular flexibility index (Phi) is 7.50. The lowest BCUT2D eigenvalue weighted by Crippen LogP contribution is -2.30. The Morgan fingerprint density at radius 3 is 2.23 bits per heavy atom. The van der Waals surface area contributed by atoms with Gasteiger partial charge < -0.3 is 0 Å². The minimum absolute atomic E-state index is 0.193. The fourth-order valence-corrected chi connectivity index (χ4v) is 3.46. The number of carbonyl (C=O) groups is 1. The summed E-state index contributed by atoms with van der Waals surface area (Å²) in [6.45, 7) is 6.72. The zero-order valence-electron chi connectivity index (χ0n) is 13.3. The number of nitrogens with one attached hydrogen (secondary N) is 1. The van der Waals surface area contributed by atoms with Gasteiger partial charge in [0.1, 0.15) is 0 Å². The second-order valence-electron chi connectivity index (χ2n) is 4.69. The van der Waals surface area contributed by atoms with Gasteiger partial charge in [0.25, 0.3) is 0 Å². The predicted molar refractivity (Wildman–Crippen MR) is 84.6 cm³/mol. The van der Waals surface area contributed by atoms with Gasteiger partial charge in [-0.3, -0.25) is 9.63 Å². The molecule has 1 N–H and O–H groups in total. The number of amides is 1. The van der Waals surface area contributed by atoms with E-state index in [1.165, 1.54) is 4.31 Å². The van der Waals surface area contributed by atoms with Crippen LogP contribution in [0.25, 0.3) is 0 Å². The van der Waals surface area contributed by atoms with E-state index in [-0.39, 0.29) is 10.8 Å². The van der Waals surface area contributed by atoms with E-state index in [4.69, 9.17) is 4.84 Å². The number of rotatable bonds is 9. The monoisotopic (exact) mass is 328 g/mol. The highest BCUT2D eigenvalue weighted by Gasteiger charge is 2.21. The smallest absolute Gasteiger partial charge is 0.243 e. The molecule has 1 amide bonds. The number of nitrogens with zero attached hydrogens (tertiary/aromatic N) is 1. The van der Waals surface area contributed by atoms with E-state index in [0.29, 0.717) is 32.5 Å². The Morgan fingerprint density at radius 1 is 1.14 bits per heavy atom. The fraction of sp³-hybridized carbons (Fsp3) is 0.533. The molecule has 0 aliphatic heterocycles. The quantitative estimate of drug-likeness (QED) is 0.700. The summed E-state index contributed by atoms with van der Waals surface area (Å²) in [7, 11) is -3.43. The van der Waals surface area contributed by atoms with Gasteiger partial charge in [0.15, 0.2) is 0 Å². The standard InChI is InChI=1S/C15H24N2O4S/c1-4-17(5-2)22(19,20)14-10-7-13(8-11-14)9-12-15(18)16-21-6-3/h7-8,10-11H,4-6,9,12H2,1-3H3,(H,16,18). The summed E-state index contributed by atoms with van der Waals surface area (Å²) in [5.41, 5.74) is 3.23. The Balaban J connectivity index is 2.69. The Labute approximate surface area is 132 Å². The molecule has 1 aromatic rings. The summed E-state index contributed by atoms with van der Waals surface area (Å²) < 4.78 is 26.1. The van der Waals surface area contributed by atoms with Crippen LogP contribution < -0.4 is 5.48 Å². The molecular formula is C15H24N2O4S. The maximum absolute atomic E-state index is 12.3. The van der Waals surface area contributed by atoms with Crippen molar-refractivity contribution in [2.24, 2.45) is 0 Å². The van der Waals surface area contributed by atoms with E-state index in [0.717, 1.165) is 5.56 Å². The molecule has 0 radical (unpaired) electrons. The summed E-state index contributed by atoms with van der Waals surface area (Å²) in [6.07, 6.45) is 0.826. The van der Waals surface area contributed by atoms with E-state index in [1.54, 1.807) is 31.2 Å². The minimum atomic E-state index is -3.43. The zero-order valence-corrected chi connectivity index (χ0v) is 14.1. The molecule has 0 bridgehead atoms. The second kappa shape index (κ2) is 8.87. The van der Waals surface area contributed by atoms with E-state index in [2.05, 4.69) is 5.48 Å². The number of sulfonamides is 1. The highest BCUT2D eigenvalue weighted by atomic mass is 32.2. The topological polar surface area (TPSA) is 75.7 Å². The third-order valence-electron chi connectivity index (χ3n) is 3.24. The lowest BCUT2D eigenvalue weighted by molar-refractivity contribution is -0.133. The lowest BCUT2D eigenvalue weighted by Gasteiger charge is -2.18. The number of hydrogen-bond acceptors (Lipinski definition) is 4. The first kappa shape index (κ1) is 18.6. The third-order valence-corrected chi connectivity index (χ3v) is 5.30. The van der Waals surface area contributed by atoms with Crippen molar-refractivity contribution in [2.45, 2.75) is 38.5 Å². The van der Waals surface area contributed by atoms with Crippen LogP contribution in [0.15, 0.2) is 29.2 Å². The summed E-state index contributed by atoms with van der Waals surface area (Å²) in [5.74, 6) is -0.193. The molecule has 1 aromatic carbocycles. The molecule has 0 spiro atoms. The molecule has 22 heavy (non-hydrogen) atoms. The first-order chi connectivity index (χ1) is 10.5. The summed E-state index contributed by atoms with van der Waals surface area (Å²) >= 11 is 0. The Morgan fingerprint density at radius 2 is 1.73 bits per heavy atom. The van der Waals surface area contributed by atoms with E-state index >= 15 is 0 Å². The van der Waals surface area contributed by atoms with Crippen molar-refractivity contribution in [3.05, 3.63) is 29.8 Å². The molecule has 0 saturated heterocycles. The van der Waals surface area contributed by atoms with Gasteiger partial charge in [-0.1, -0.05) is 26.0 Å². The molecule has 0 aliphatic carbocycles. The molecule has 0 aromatic heterocycles. The minimum Gasteiger partial charge on any atom is -0.274 e. The largest absolute Gasteiger partial charge is 0.274 e. The maximum atomic E-state index is 12.3. The van der Waals surface area contributed by atoms with E-state index in [1.807, 2.05) is 13.8 Å². The average Bonchev–Trinajstić information content (AvgIpc) is 2.52. The van der Waals surface area contributed by atoms with Crippen LogP contribution in [-0.4, -0.2) is 38.3 Å². The van der Waals surface area contributed by atoms with Crippen LogP contribution in [0, 0.1) is 0 Å². The molecule has 0 saturated carbocycles. The van der Waals surface area contributed by atoms with Crippen molar-refractivity contribution in [1.82, 2.24) is 9.79 Å². The van der Waals surface area contributed by atoms with Gasteiger partial charge in [0, 0.05) is 19.5 Å². The number of hydroxylamine groups is 1. The van der Waals surface area contributed by atoms with Crippen LogP contribution in [0.2, 0.25) is 0 Å². The van der Waals surface area contributed by atoms with Crippen molar-refractivity contribution in [1.29, 1.82) is 0 Å². The van der Waals surface area contributed by atoms with Gasteiger partial charge in [-0.25, -0.2) is 13.9 Å². The van der Waals surface area contributed by atoms with Crippen molar-refractivity contribution in [2.75, 3.05) is 19.7 Å². The molecule has 7 heteroatoms. The summed E-state index contributed by atoms with van der Waals surface area (Å²) in [6, 6.07) is 6.65. The first-order valence-corrected chi connectivity index (χ1v) is 8.89. The molecule has 1 rings (SSSR count). The Hall–Kier alpha value is -1.44. The van der Waals surface area contributed by atoms with Gasteiger partial charge >= 0.3 is 0 Å². The number of carbonyl (C=O) groups excluding carboxylic acids is 1. The lowest BCUT2D eigenvalue weighted by atomic mass is 10.1. The van der Waals surface area contributed by atoms with Crippen molar-refractivity contribution >= 4 is 15.9 Å². The average molecular weight is 328 g/mol. The van der Waals surface area contributed by atoms with Gasteiger partial charge in [0.05, 0.1) is 11.5 Å². The molecule has 0 heterocycles. The predicted octanol–water partition coefficient (Wildman–Crippen LogP) is 1.72. The molecule has 0 fully saturated rings. The molecule has 6 nitrogen and oxygen atoms in total. The normalized spacial score (nSPS) is 11.6. The SMILES string of the molecule is CCONC(=O)CCc1ccc(S(=O)(=O)N(CC)CC)cc1. The van der Waals surface area contributed by atoms with Crippen molar-refractivity contribution in [3.8, 4) is 0 Å². The molecule has 124 valence electrons. The van der Waals surface area contributed by atoms with Crippen molar-refractivity contribution < 1.29 is 18.0 Å². The maximum Gasteiger partial charge on any atom is 0.243 e. The summed E-state index contributed by atoms with van der Waals surface area (Å²) in [5, 5.41) is 0. The molecule has 0 aliphatic rings. The Bertz CT molecular complexity index is 566. The summed E-state index contributed by atoms with van der Waals surface area (Å²) in [4.78, 5) is 16.5.